The van der Waals surface area contributed by atoms with Crippen LogP contribution in [-0.4, -0.2) is 38.0 Å². The number of halogens is 2. The second kappa shape index (κ2) is 9.30. The minimum Gasteiger partial charge on any atom is -0.335 e. The molecule has 0 bridgehead atoms. The van der Waals surface area contributed by atoms with Crippen molar-refractivity contribution in [2.75, 3.05) is 0 Å². The molecule has 1 atom stereocenters. The number of rotatable bonds is 6. The molecule has 1 fully saturated rings. The molecular formula is C21H19Cl2N5O2S. The number of aromatic nitrogens is 3. The molecular weight excluding hydrogens is 457 g/mol. The highest BCUT2D eigenvalue weighted by molar-refractivity contribution is 8.00. The summed E-state index contributed by atoms with van der Waals surface area (Å²) in [5.41, 5.74) is 1.48. The summed E-state index contributed by atoms with van der Waals surface area (Å²) in [5.74, 6) is 0.117. The van der Waals surface area contributed by atoms with E-state index in [-0.39, 0.29) is 6.04 Å². The number of thioether (sulfide) groups is 1. The van der Waals surface area contributed by atoms with Crippen molar-refractivity contribution in [3.05, 3.63) is 58.6 Å². The van der Waals surface area contributed by atoms with Gasteiger partial charge in [0.25, 0.3) is 0 Å². The Hall–Kier alpha value is -2.55. The van der Waals surface area contributed by atoms with E-state index in [1.54, 1.807) is 25.1 Å². The molecule has 1 unspecified atom stereocenters. The topological polar surface area (TPSA) is 88.9 Å². The molecule has 1 aliphatic rings. The molecule has 1 aliphatic carbocycles. The molecule has 1 saturated carbocycles. The lowest BCUT2D eigenvalue weighted by atomic mass is 10.2. The van der Waals surface area contributed by atoms with Gasteiger partial charge in [-0.3, -0.25) is 14.7 Å². The Morgan fingerprint density at radius 2 is 1.87 bits per heavy atom. The van der Waals surface area contributed by atoms with Crippen LogP contribution in [0.3, 0.4) is 0 Å². The fourth-order valence-electron chi connectivity index (χ4n) is 2.88. The molecule has 0 saturated heterocycles. The summed E-state index contributed by atoms with van der Waals surface area (Å²) in [6.45, 7) is 1.71. The highest BCUT2D eigenvalue weighted by Crippen LogP contribution is 2.34. The molecule has 0 radical (unpaired) electrons. The number of nitrogens with one attached hydrogen (secondary N) is 2. The number of nitrogens with zero attached hydrogens (tertiary/aromatic N) is 3. The third kappa shape index (κ3) is 5.20. The predicted octanol–water partition coefficient (Wildman–Crippen LogP) is 4.71. The molecule has 4 rings (SSSR count). The van der Waals surface area contributed by atoms with Gasteiger partial charge in [-0.2, -0.15) is 0 Å². The van der Waals surface area contributed by atoms with Crippen LogP contribution < -0.4 is 10.6 Å². The lowest BCUT2D eigenvalue weighted by Gasteiger charge is -2.14. The maximum absolute atomic E-state index is 12.5. The van der Waals surface area contributed by atoms with Gasteiger partial charge in [0.15, 0.2) is 11.0 Å². The zero-order chi connectivity index (χ0) is 22.0. The van der Waals surface area contributed by atoms with Crippen LogP contribution in [0.1, 0.15) is 19.8 Å². The van der Waals surface area contributed by atoms with E-state index in [0.29, 0.717) is 26.6 Å². The van der Waals surface area contributed by atoms with Gasteiger partial charge >= 0.3 is 6.03 Å². The molecule has 1 heterocycles. The number of para-hydroxylation sites is 1. The molecule has 2 N–H and O–H groups in total. The van der Waals surface area contributed by atoms with Crippen LogP contribution in [0.15, 0.2) is 53.7 Å². The maximum Gasteiger partial charge on any atom is 0.321 e. The molecule has 7 nitrogen and oxygen atoms in total. The Bertz CT molecular complexity index is 1120. The first kappa shape index (κ1) is 21.7. The van der Waals surface area contributed by atoms with E-state index in [0.717, 1.165) is 18.5 Å². The average molecular weight is 476 g/mol. The fraction of sp³-hybridized carbons (Fsp3) is 0.238. The molecule has 160 valence electrons. The van der Waals surface area contributed by atoms with E-state index >= 15 is 0 Å². The number of hydrogen-bond acceptors (Lipinski definition) is 5. The van der Waals surface area contributed by atoms with Gasteiger partial charge in [-0.25, -0.2) is 4.79 Å². The second-order valence-electron chi connectivity index (χ2n) is 7.10. The first-order valence-electron chi connectivity index (χ1n) is 9.66. The van der Waals surface area contributed by atoms with Gasteiger partial charge in [0.1, 0.15) is 0 Å². The zero-order valence-corrected chi connectivity index (χ0v) is 18.8. The minimum atomic E-state index is -0.579. The zero-order valence-electron chi connectivity index (χ0n) is 16.5. The number of carbonyl (C=O) groups is 2. The Morgan fingerprint density at radius 1 is 1.13 bits per heavy atom. The van der Waals surface area contributed by atoms with Crippen LogP contribution in [0.5, 0.6) is 0 Å². The van der Waals surface area contributed by atoms with Crippen LogP contribution in [0.4, 0.5) is 4.79 Å². The van der Waals surface area contributed by atoms with Gasteiger partial charge < -0.3 is 5.32 Å². The third-order valence-electron chi connectivity index (χ3n) is 4.62. The molecule has 3 aromatic rings. The van der Waals surface area contributed by atoms with Crippen molar-refractivity contribution in [2.24, 2.45) is 0 Å². The number of amides is 3. The van der Waals surface area contributed by atoms with Gasteiger partial charge in [0.2, 0.25) is 5.91 Å². The fourth-order valence-corrected chi connectivity index (χ4v) is 4.24. The molecule has 3 amide bonds. The van der Waals surface area contributed by atoms with Crippen LogP contribution in [0, 0.1) is 0 Å². The summed E-state index contributed by atoms with van der Waals surface area (Å²) < 4.78 is 1.83. The van der Waals surface area contributed by atoms with E-state index in [4.69, 9.17) is 23.2 Å². The van der Waals surface area contributed by atoms with Gasteiger partial charge in [-0.1, -0.05) is 53.2 Å². The summed E-state index contributed by atoms with van der Waals surface area (Å²) in [7, 11) is 0. The largest absolute Gasteiger partial charge is 0.335 e. The normalized spacial score (nSPS) is 14.2. The Balaban J connectivity index is 1.62. The first-order chi connectivity index (χ1) is 14.9. The monoisotopic (exact) mass is 475 g/mol. The van der Waals surface area contributed by atoms with Gasteiger partial charge in [-0.05, 0) is 50.1 Å². The van der Waals surface area contributed by atoms with Gasteiger partial charge in [0.05, 0.1) is 10.3 Å². The molecule has 2 aromatic carbocycles. The number of imide groups is 1. The summed E-state index contributed by atoms with van der Waals surface area (Å²) in [4.78, 5) is 24.4. The van der Waals surface area contributed by atoms with Crippen molar-refractivity contribution >= 4 is 46.9 Å². The maximum atomic E-state index is 12.5. The van der Waals surface area contributed by atoms with Crippen molar-refractivity contribution in [1.82, 2.24) is 25.4 Å². The smallest absolute Gasteiger partial charge is 0.321 e. The van der Waals surface area contributed by atoms with Crippen LogP contribution >= 0.6 is 35.0 Å². The predicted molar refractivity (Wildman–Crippen MR) is 122 cm³/mol. The molecule has 0 aliphatic heterocycles. The SMILES string of the molecule is CC(Sc1nnc(-c2ccc(Cl)cc2Cl)n1-c1ccccc1)C(=O)NC(=O)NC1CC1. The van der Waals surface area contributed by atoms with Crippen LogP contribution in [-0.2, 0) is 4.79 Å². The van der Waals surface area contributed by atoms with Crippen molar-refractivity contribution in [3.8, 4) is 17.1 Å². The number of carbonyl (C=O) groups excluding carboxylic acids is 2. The number of benzene rings is 2. The van der Waals surface area contributed by atoms with Crippen molar-refractivity contribution in [1.29, 1.82) is 0 Å². The molecule has 31 heavy (non-hydrogen) atoms. The van der Waals surface area contributed by atoms with E-state index in [1.807, 2.05) is 34.9 Å². The van der Waals surface area contributed by atoms with E-state index in [2.05, 4.69) is 20.8 Å². The third-order valence-corrected chi connectivity index (χ3v) is 6.21. The summed E-state index contributed by atoms with van der Waals surface area (Å²) in [6.07, 6.45) is 1.89. The van der Waals surface area contributed by atoms with Crippen molar-refractivity contribution < 1.29 is 9.59 Å². The Kier molecular flexibility index (Phi) is 6.50. The van der Waals surface area contributed by atoms with Crippen LogP contribution in [0.25, 0.3) is 17.1 Å². The lowest BCUT2D eigenvalue weighted by molar-refractivity contribution is -0.119. The number of urea groups is 1. The van der Waals surface area contributed by atoms with E-state index < -0.39 is 17.2 Å². The Morgan fingerprint density at radius 3 is 2.55 bits per heavy atom. The number of hydrogen-bond donors (Lipinski definition) is 2. The molecule has 10 heteroatoms. The van der Waals surface area contributed by atoms with E-state index in [9.17, 15) is 9.59 Å². The lowest BCUT2D eigenvalue weighted by Crippen LogP contribution is -2.43. The van der Waals surface area contributed by atoms with Crippen molar-refractivity contribution in [2.45, 2.75) is 36.2 Å². The second-order valence-corrected chi connectivity index (χ2v) is 9.25. The van der Waals surface area contributed by atoms with E-state index in [1.165, 1.54) is 11.8 Å². The quantitative estimate of drug-likeness (QED) is 0.503. The first-order valence-corrected chi connectivity index (χ1v) is 11.3. The van der Waals surface area contributed by atoms with Crippen LogP contribution in [0.2, 0.25) is 10.0 Å². The summed E-state index contributed by atoms with van der Waals surface area (Å²) in [5, 5.41) is 14.6. The standard InChI is InChI=1S/C21H19Cl2N5O2S/c1-12(19(29)25-20(30)24-14-8-9-14)31-21-27-26-18(16-10-7-13(22)11-17(16)23)28(21)15-5-3-2-4-6-15/h2-7,10-12,14H,8-9H2,1H3,(H2,24,25,29,30). The molecule has 1 aromatic heterocycles. The highest BCUT2D eigenvalue weighted by atomic mass is 35.5. The van der Waals surface area contributed by atoms with Gasteiger partial charge in [0, 0.05) is 22.3 Å². The highest BCUT2D eigenvalue weighted by Gasteiger charge is 2.27. The van der Waals surface area contributed by atoms with Gasteiger partial charge in [-0.15, -0.1) is 10.2 Å². The minimum absolute atomic E-state index is 0.170. The molecule has 0 spiro atoms. The van der Waals surface area contributed by atoms with Crippen molar-refractivity contribution in [3.63, 3.8) is 0 Å². The Labute approximate surface area is 193 Å². The summed E-state index contributed by atoms with van der Waals surface area (Å²) in [6, 6.07) is 14.4. The summed E-state index contributed by atoms with van der Waals surface area (Å²) >= 11 is 13.7. The average Bonchev–Trinajstić information content (AvgIpc) is 3.46.